The monoisotopic (exact) mass is 296 g/mol. The molecule has 0 fully saturated rings. The Balaban J connectivity index is 2.12. The number of benzene rings is 1. The lowest BCUT2D eigenvalue weighted by Crippen LogP contribution is -1.92. The van der Waals surface area contributed by atoms with Crippen molar-refractivity contribution in [1.82, 2.24) is 10.2 Å². The van der Waals surface area contributed by atoms with Crippen LogP contribution in [0.1, 0.15) is 17.7 Å². The maximum Gasteiger partial charge on any atom is 0.269 e. The largest absolute Gasteiger partial charge is 0.363 e. The number of nitrogens with one attached hydrogen (secondary N) is 1. The van der Waals surface area contributed by atoms with Crippen LogP contribution in [0.3, 0.4) is 0 Å². The minimum Gasteiger partial charge on any atom is -0.363 e. The number of anilines is 1. The molecular weight excluding hydrogens is 284 g/mol. The Morgan fingerprint density at radius 3 is 2.89 bits per heavy atom. The van der Waals surface area contributed by atoms with E-state index in [4.69, 9.17) is 0 Å². The predicted octanol–water partition coefficient (Wildman–Crippen LogP) is 3.34. The molecule has 1 atom stereocenters. The molecule has 19 heavy (non-hydrogen) atoms. The van der Waals surface area contributed by atoms with Gasteiger partial charge in [0.25, 0.3) is 5.69 Å². The zero-order chi connectivity index (χ0) is 13.8. The van der Waals surface area contributed by atoms with Crippen LogP contribution in [-0.2, 0) is 0 Å². The maximum absolute atomic E-state index is 10.7. The van der Waals surface area contributed by atoms with Crippen LogP contribution < -0.4 is 5.32 Å². The first-order valence-corrected chi connectivity index (χ1v) is 7.22. The normalized spacial score (nSPS) is 12.1. The third-order valence-corrected chi connectivity index (χ3v) is 4.63. The molecule has 1 N–H and O–H groups in total. The number of non-ortho nitro benzene ring substituents is 1. The van der Waals surface area contributed by atoms with E-state index in [-0.39, 0.29) is 15.9 Å². The van der Waals surface area contributed by atoms with Gasteiger partial charge < -0.3 is 5.32 Å². The third kappa shape index (κ3) is 3.42. The number of thioether (sulfide) groups is 1. The summed E-state index contributed by atoms with van der Waals surface area (Å²) in [5.41, 5.74) is 1.01. The van der Waals surface area contributed by atoms with E-state index in [1.165, 1.54) is 29.2 Å². The molecule has 8 heteroatoms. The summed E-state index contributed by atoms with van der Waals surface area (Å²) < 4.78 is 0.836. The van der Waals surface area contributed by atoms with Gasteiger partial charge >= 0.3 is 0 Å². The molecule has 0 aliphatic heterocycles. The number of nitro benzene ring substituents is 1. The van der Waals surface area contributed by atoms with Crippen molar-refractivity contribution in [3.8, 4) is 0 Å². The molecule has 0 aliphatic carbocycles. The van der Waals surface area contributed by atoms with Gasteiger partial charge in [0.15, 0.2) is 4.34 Å². The highest BCUT2D eigenvalue weighted by Crippen LogP contribution is 2.37. The highest BCUT2D eigenvalue weighted by atomic mass is 32.2. The highest BCUT2D eigenvalue weighted by Gasteiger charge is 2.14. The fraction of sp³-hybridized carbons (Fsp3) is 0.273. The van der Waals surface area contributed by atoms with Crippen LogP contribution in [0.4, 0.5) is 10.8 Å². The van der Waals surface area contributed by atoms with Gasteiger partial charge in [0.1, 0.15) is 0 Å². The molecule has 0 spiro atoms. The second kappa shape index (κ2) is 5.98. The molecule has 1 heterocycles. The fourth-order valence-corrected chi connectivity index (χ4v) is 3.44. The second-order valence-corrected chi connectivity index (χ2v) is 6.30. The van der Waals surface area contributed by atoms with Gasteiger partial charge in [-0.3, -0.25) is 10.1 Å². The van der Waals surface area contributed by atoms with Crippen molar-refractivity contribution >= 4 is 33.9 Å². The molecule has 0 radical (unpaired) electrons. The van der Waals surface area contributed by atoms with Gasteiger partial charge in [-0.25, -0.2) is 0 Å². The first kappa shape index (κ1) is 13.8. The van der Waals surface area contributed by atoms with Crippen molar-refractivity contribution in [2.75, 3.05) is 12.4 Å². The quantitative estimate of drug-likeness (QED) is 0.518. The van der Waals surface area contributed by atoms with Crippen LogP contribution in [0.2, 0.25) is 0 Å². The van der Waals surface area contributed by atoms with Crippen LogP contribution in [-0.4, -0.2) is 22.2 Å². The van der Waals surface area contributed by atoms with Crippen molar-refractivity contribution in [2.45, 2.75) is 16.5 Å². The molecule has 0 aliphatic rings. The van der Waals surface area contributed by atoms with Crippen LogP contribution in [0.5, 0.6) is 0 Å². The van der Waals surface area contributed by atoms with Crippen molar-refractivity contribution in [2.24, 2.45) is 0 Å². The number of aromatic nitrogens is 2. The SMILES string of the molecule is CNc1nnc(SC(C)c2cccc([N+](=O)[O-])c2)s1. The molecule has 1 aromatic heterocycles. The molecule has 2 rings (SSSR count). The van der Waals surface area contributed by atoms with Crippen molar-refractivity contribution in [3.63, 3.8) is 0 Å². The Morgan fingerprint density at radius 2 is 2.26 bits per heavy atom. The van der Waals surface area contributed by atoms with Gasteiger partial charge in [-0.15, -0.1) is 10.2 Å². The molecule has 0 bridgehead atoms. The topological polar surface area (TPSA) is 81.0 Å². The first-order valence-electron chi connectivity index (χ1n) is 5.52. The number of nitro groups is 1. The van der Waals surface area contributed by atoms with Crippen molar-refractivity contribution in [3.05, 3.63) is 39.9 Å². The summed E-state index contributed by atoms with van der Waals surface area (Å²) in [4.78, 5) is 10.4. The van der Waals surface area contributed by atoms with Gasteiger partial charge in [0.05, 0.1) is 4.92 Å². The second-order valence-electron chi connectivity index (χ2n) is 3.74. The smallest absolute Gasteiger partial charge is 0.269 e. The third-order valence-electron chi connectivity index (χ3n) is 2.45. The first-order chi connectivity index (χ1) is 9.10. The number of hydrogen-bond acceptors (Lipinski definition) is 7. The summed E-state index contributed by atoms with van der Waals surface area (Å²) in [5.74, 6) is 0. The Labute approximate surface area is 118 Å². The number of rotatable bonds is 5. The predicted molar refractivity (Wildman–Crippen MR) is 76.8 cm³/mol. The molecular formula is C11H12N4O2S2. The molecule has 1 aromatic carbocycles. The number of nitrogens with zero attached hydrogens (tertiary/aromatic N) is 3. The zero-order valence-corrected chi connectivity index (χ0v) is 12.0. The van der Waals surface area contributed by atoms with E-state index in [9.17, 15) is 10.1 Å². The van der Waals surface area contributed by atoms with Gasteiger partial charge in [0, 0.05) is 24.4 Å². The van der Waals surface area contributed by atoms with Crippen molar-refractivity contribution < 1.29 is 4.92 Å². The lowest BCUT2D eigenvalue weighted by atomic mass is 10.1. The summed E-state index contributed by atoms with van der Waals surface area (Å²) in [6.45, 7) is 1.99. The van der Waals surface area contributed by atoms with Crippen LogP contribution in [0.25, 0.3) is 0 Å². The number of hydrogen-bond donors (Lipinski definition) is 1. The lowest BCUT2D eigenvalue weighted by Gasteiger charge is -2.08. The Hall–Kier alpha value is -1.67. The molecule has 0 saturated heterocycles. The van der Waals surface area contributed by atoms with E-state index in [0.29, 0.717) is 0 Å². The molecule has 100 valence electrons. The van der Waals surface area contributed by atoms with E-state index in [1.54, 1.807) is 19.2 Å². The standard InChI is InChI=1S/C11H12N4O2S2/c1-7(18-11-14-13-10(12-2)19-11)8-4-3-5-9(6-8)15(16)17/h3-7H,1-2H3,(H,12,13). The van der Waals surface area contributed by atoms with Crippen LogP contribution in [0, 0.1) is 10.1 Å². The summed E-state index contributed by atoms with van der Waals surface area (Å²) in [6, 6.07) is 6.66. The van der Waals surface area contributed by atoms with E-state index >= 15 is 0 Å². The van der Waals surface area contributed by atoms with Crippen LogP contribution in [0.15, 0.2) is 28.6 Å². The molecule has 1 unspecified atom stereocenters. The van der Waals surface area contributed by atoms with E-state index in [1.807, 2.05) is 13.0 Å². The maximum atomic E-state index is 10.7. The Bertz CT molecular complexity index is 588. The summed E-state index contributed by atoms with van der Waals surface area (Å²) in [7, 11) is 1.79. The van der Waals surface area contributed by atoms with E-state index < -0.39 is 0 Å². The van der Waals surface area contributed by atoms with Gasteiger partial charge in [-0.1, -0.05) is 35.2 Å². The van der Waals surface area contributed by atoms with Gasteiger partial charge in [0.2, 0.25) is 5.13 Å². The van der Waals surface area contributed by atoms with E-state index in [0.717, 1.165) is 15.0 Å². The van der Waals surface area contributed by atoms with Gasteiger partial charge in [-0.2, -0.15) is 0 Å². The average molecular weight is 296 g/mol. The minimum absolute atomic E-state index is 0.0811. The molecule has 0 amide bonds. The average Bonchev–Trinajstić information content (AvgIpc) is 2.86. The summed E-state index contributed by atoms with van der Waals surface area (Å²) >= 11 is 3.00. The Kier molecular flexibility index (Phi) is 4.33. The summed E-state index contributed by atoms with van der Waals surface area (Å²) in [6.07, 6.45) is 0. The highest BCUT2D eigenvalue weighted by molar-refractivity contribution is 8.01. The van der Waals surface area contributed by atoms with Crippen LogP contribution >= 0.6 is 23.1 Å². The fourth-order valence-electron chi connectivity index (χ4n) is 1.47. The zero-order valence-electron chi connectivity index (χ0n) is 10.4. The molecule has 2 aromatic rings. The lowest BCUT2D eigenvalue weighted by molar-refractivity contribution is -0.384. The van der Waals surface area contributed by atoms with Gasteiger partial charge in [-0.05, 0) is 12.5 Å². The summed E-state index contributed by atoms with van der Waals surface area (Å²) in [5, 5.41) is 22.5. The minimum atomic E-state index is -0.384. The van der Waals surface area contributed by atoms with E-state index in [2.05, 4.69) is 15.5 Å². The molecule has 0 saturated carbocycles. The molecule has 6 nitrogen and oxygen atoms in total. The van der Waals surface area contributed by atoms with Crippen molar-refractivity contribution in [1.29, 1.82) is 0 Å². The Morgan fingerprint density at radius 1 is 1.47 bits per heavy atom.